The Balaban J connectivity index is 2.55. The van der Waals surface area contributed by atoms with E-state index in [2.05, 4.69) is 69.9 Å². The summed E-state index contributed by atoms with van der Waals surface area (Å²) in [5, 5.41) is 2.57. The highest BCUT2D eigenvalue weighted by molar-refractivity contribution is 9.10. The van der Waals surface area contributed by atoms with Crippen LogP contribution in [0.4, 0.5) is 0 Å². The highest BCUT2D eigenvalue weighted by Gasteiger charge is 2.12. The number of aromatic amines is 1. The predicted octanol–water partition coefficient (Wildman–Crippen LogP) is 3.22. The monoisotopic (exact) mass is 275 g/mol. The lowest BCUT2D eigenvalue weighted by Crippen LogP contribution is -2.31. The van der Waals surface area contributed by atoms with Crippen molar-refractivity contribution < 1.29 is 4.57 Å². The number of rotatable bonds is 0. The lowest BCUT2D eigenvalue weighted by Gasteiger charge is -1.94. The maximum atomic E-state index is 3.50. The lowest BCUT2D eigenvalue weighted by molar-refractivity contribution is -0.676. The molecular weight excluding hydrogens is 264 g/mol. The molecule has 0 saturated heterocycles. The maximum absolute atomic E-state index is 3.50. The second kappa shape index (κ2) is 3.32. The summed E-state index contributed by atoms with van der Waals surface area (Å²) in [5.74, 6) is 0. The molecule has 3 rings (SSSR count). The summed E-state index contributed by atoms with van der Waals surface area (Å²) in [7, 11) is 2.07. The summed E-state index contributed by atoms with van der Waals surface area (Å²) >= 11 is 3.50. The minimum atomic E-state index is 1.11. The molecule has 16 heavy (non-hydrogen) atoms. The fraction of sp³-hybridized carbons (Fsp3) is 0.154. The zero-order chi connectivity index (χ0) is 11.3. The molecule has 0 atom stereocenters. The van der Waals surface area contributed by atoms with Crippen molar-refractivity contribution in [3.05, 3.63) is 40.6 Å². The van der Waals surface area contributed by atoms with Crippen molar-refractivity contribution in [2.24, 2.45) is 7.05 Å². The number of pyridine rings is 1. The molecule has 0 saturated carbocycles. The van der Waals surface area contributed by atoms with Crippen LogP contribution in [0.2, 0.25) is 0 Å². The Morgan fingerprint density at radius 1 is 1.19 bits per heavy atom. The van der Waals surface area contributed by atoms with Crippen LogP contribution >= 0.6 is 15.9 Å². The standard InChI is InChI=1S/C13H11BrN2/c1-8-13-11(5-6-16(8)2)10-4-3-9(14)7-12(10)15-13/h3-7H,1-2H3/p+1. The van der Waals surface area contributed by atoms with Crippen molar-refractivity contribution in [3.8, 4) is 0 Å². The fourth-order valence-corrected chi connectivity index (χ4v) is 2.49. The molecule has 2 heterocycles. The van der Waals surface area contributed by atoms with Crippen molar-refractivity contribution in [3.63, 3.8) is 0 Å². The maximum Gasteiger partial charge on any atom is 0.202 e. The number of fused-ring (bicyclic) bond motifs is 3. The Morgan fingerprint density at radius 3 is 2.81 bits per heavy atom. The second-order valence-corrected chi connectivity index (χ2v) is 5.03. The van der Waals surface area contributed by atoms with Crippen molar-refractivity contribution in [2.75, 3.05) is 0 Å². The van der Waals surface area contributed by atoms with Gasteiger partial charge in [-0.05, 0) is 12.1 Å². The molecule has 0 bridgehead atoms. The van der Waals surface area contributed by atoms with Gasteiger partial charge in [-0.3, -0.25) is 0 Å². The molecule has 1 N–H and O–H groups in total. The first kappa shape index (κ1) is 9.85. The SMILES string of the molecule is Cc1c2[nH]c3cc(Br)ccc3c2cc[n+]1C. The van der Waals surface area contributed by atoms with Gasteiger partial charge in [0.15, 0.2) is 6.20 Å². The number of hydrogen-bond donors (Lipinski definition) is 1. The van der Waals surface area contributed by atoms with Gasteiger partial charge >= 0.3 is 0 Å². The molecule has 0 amide bonds. The van der Waals surface area contributed by atoms with E-state index in [1.165, 1.54) is 27.5 Å². The van der Waals surface area contributed by atoms with Gasteiger partial charge in [0.25, 0.3) is 0 Å². The molecular formula is C13H12BrN2+. The molecule has 3 heteroatoms. The zero-order valence-electron chi connectivity index (χ0n) is 9.21. The van der Waals surface area contributed by atoms with E-state index in [1.54, 1.807) is 0 Å². The van der Waals surface area contributed by atoms with Gasteiger partial charge in [0.2, 0.25) is 5.69 Å². The average Bonchev–Trinajstić information content (AvgIpc) is 2.62. The van der Waals surface area contributed by atoms with Gasteiger partial charge in [-0.25, -0.2) is 4.57 Å². The van der Waals surface area contributed by atoms with Crippen molar-refractivity contribution in [2.45, 2.75) is 6.92 Å². The molecule has 0 radical (unpaired) electrons. The van der Waals surface area contributed by atoms with E-state index in [0.29, 0.717) is 0 Å². The molecule has 1 aromatic carbocycles. The first-order valence-electron chi connectivity index (χ1n) is 5.23. The summed E-state index contributed by atoms with van der Waals surface area (Å²) in [6.45, 7) is 2.13. The van der Waals surface area contributed by atoms with Crippen LogP contribution in [0.25, 0.3) is 21.8 Å². The third kappa shape index (κ3) is 1.28. The predicted molar refractivity (Wildman–Crippen MR) is 69.4 cm³/mol. The molecule has 0 aliphatic rings. The van der Waals surface area contributed by atoms with E-state index in [9.17, 15) is 0 Å². The highest BCUT2D eigenvalue weighted by atomic mass is 79.9. The van der Waals surface area contributed by atoms with Gasteiger partial charge in [0.1, 0.15) is 12.6 Å². The van der Waals surface area contributed by atoms with Crippen molar-refractivity contribution in [1.82, 2.24) is 4.98 Å². The number of aromatic nitrogens is 2. The fourth-order valence-electron chi connectivity index (χ4n) is 2.12. The number of nitrogens with zero attached hydrogens (tertiary/aromatic N) is 1. The van der Waals surface area contributed by atoms with Crippen molar-refractivity contribution >= 4 is 37.7 Å². The molecule has 0 unspecified atom stereocenters. The summed E-state index contributed by atoms with van der Waals surface area (Å²) < 4.78 is 3.24. The van der Waals surface area contributed by atoms with E-state index < -0.39 is 0 Å². The molecule has 80 valence electrons. The molecule has 0 fully saturated rings. The van der Waals surface area contributed by atoms with Gasteiger partial charge in [-0.15, -0.1) is 0 Å². The number of halogens is 1. The Hall–Kier alpha value is -1.35. The van der Waals surface area contributed by atoms with Crippen LogP contribution < -0.4 is 4.57 Å². The van der Waals surface area contributed by atoms with Gasteiger partial charge in [0.05, 0.1) is 0 Å². The van der Waals surface area contributed by atoms with E-state index in [-0.39, 0.29) is 0 Å². The average molecular weight is 276 g/mol. The topological polar surface area (TPSA) is 19.7 Å². The summed E-state index contributed by atoms with van der Waals surface area (Å²) in [6, 6.07) is 8.51. The van der Waals surface area contributed by atoms with E-state index >= 15 is 0 Å². The Bertz CT molecular complexity index is 698. The van der Waals surface area contributed by atoms with E-state index in [0.717, 1.165) is 4.47 Å². The summed E-state index contributed by atoms with van der Waals surface area (Å²) in [6.07, 6.45) is 2.10. The van der Waals surface area contributed by atoms with Crippen LogP contribution in [-0.4, -0.2) is 4.98 Å². The smallest absolute Gasteiger partial charge is 0.202 e. The first-order chi connectivity index (χ1) is 7.66. The number of hydrogen-bond acceptors (Lipinski definition) is 0. The second-order valence-electron chi connectivity index (χ2n) is 4.12. The summed E-state index contributed by atoms with van der Waals surface area (Å²) in [4.78, 5) is 3.48. The molecule has 2 aromatic heterocycles. The third-order valence-electron chi connectivity index (χ3n) is 3.16. The van der Waals surface area contributed by atoms with Crippen LogP contribution in [0, 0.1) is 6.92 Å². The number of H-pyrrole nitrogens is 1. The molecule has 0 aliphatic carbocycles. The molecule has 0 spiro atoms. The Morgan fingerprint density at radius 2 is 2.00 bits per heavy atom. The minimum Gasteiger partial charge on any atom is -0.349 e. The van der Waals surface area contributed by atoms with E-state index in [4.69, 9.17) is 0 Å². The van der Waals surface area contributed by atoms with E-state index in [1.807, 2.05) is 0 Å². The van der Waals surface area contributed by atoms with Gasteiger partial charge in [-0.1, -0.05) is 22.0 Å². The Labute approximate surface area is 102 Å². The van der Waals surface area contributed by atoms with Gasteiger partial charge < -0.3 is 4.98 Å². The van der Waals surface area contributed by atoms with Gasteiger partial charge in [0, 0.05) is 33.8 Å². The number of benzene rings is 1. The quantitative estimate of drug-likeness (QED) is 0.608. The first-order valence-corrected chi connectivity index (χ1v) is 6.02. The number of aryl methyl sites for hydroxylation is 2. The summed E-state index contributed by atoms with van der Waals surface area (Å²) in [5.41, 5.74) is 3.65. The van der Waals surface area contributed by atoms with Crippen molar-refractivity contribution in [1.29, 1.82) is 0 Å². The van der Waals surface area contributed by atoms with Crippen LogP contribution in [-0.2, 0) is 7.05 Å². The Kier molecular flexibility index (Phi) is 2.04. The molecule has 2 nitrogen and oxygen atoms in total. The molecule has 0 aliphatic heterocycles. The minimum absolute atomic E-state index is 1.11. The lowest BCUT2D eigenvalue weighted by atomic mass is 10.2. The van der Waals surface area contributed by atoms with Gasteiger partial charge in [-0.2, -0.15) is 0 Å². The highest BCUT2D eigenvalue weighted by Crippen LogP contribution is 2.27. The largest absolute Gasteiger partial charge is 0.349 e. The third-order valence-corrected chi connectivity index (χ3v) is 3.65. The number of nitrogens with one attached hydrogen (secondary N) is 1. The van der Waals surface area contributed by atoms with Crippen LogP contribution in [0.5, 0.6) is 0 Å². The normalized spacial score (nSPS) is 11.4. The van der Waals surface area contributed by atoms with Crippen LogP contribution in [0.3, 0.4) is 0 Å². The van der Waals surface area contributed by atoms with Crippen LogP contribution in [0.1, 0.15) is 5.69 Å². The van der Waals surface area contributed by atoms with Crippen LogP contribution in [0.15, 0.2) is 34.9 Å². The molecule has 3 aromatic rings. The zero-order valence-corrected chi connectivity index (χ0v) is 10.8.